The molecule has 0 fully saturated rings. The fourth-order valence-corrected chi connectivity index (χ4v) is 5.27. The number of aromatic nitrogens is 5. The molecule has 0 aliphatic heterocycles. The molecule has 5 aromatic rings. The molecule has 0 aliphatic carbocycles. The van der Waals surface area contributed by atoms with Crippen LogP contribution in [0.4, 0.5) is 0 Å². The number of benzene rings is 2. The Labute approximate surface area is 231 Å². The van der Waals surface area contributed by atoms with Gasteiger partial charge in [0.25, 0.3) is 0 Å². The Balaban J connectivity index is 1.30. The maximum absolute atomic E-state index is 6.14. The van der Waals surface area contributed by atoms with Crippen LogP contribution in [0.2, 0.25) is 0 Å². The lowest BCUT2D eigenvalue weighted by Gasteiger charge is -2.12. The summed E-state index contributed by atoms with van der Waals surface area (Å²) in [6.07, 6.45) is 2.35. The molecule has 9 heteroatoms. The molecule has 0 amide bonds. The van der Waals surface area contributed by atoms with E-state index in [1.807, 2.05) is 38.1 Å². The van der Waals surface area contributed by atoms with Crippen LogP contribution in [0.1, 0.15) is 35.5 Å². The minimum absolute atomic E-state index is 0.0112. The predicted molar refractivity (Wildman–Crippen MR) is 152 cm³/mol. The zero-order valence-corrected chi connectivity index (χ0v) is 22.9. The van der Waals surface area contributed by atoms with Crippen molar-refractivity contribution >= 4 is 21.4 Å². The van der Waals surface area contributed by atoms with Gasteiger partial charge in [-0.15, -0.1) is 27.5 Å². The summed E-state index contributed by atoms with van der Waals surface area (Å²) in [6, 6.07) is 16.6. The van der Waals surface area contributed by atoms with Crippen molar-refractivity contribution in [2.75, 3.05) is 20.3 Å². The van der Waals surface area contributed by atoms with E-state index in [1.165, 1.54) is 10.1 Å². The van der Waals surface area contributed by atoms with Gasteiger partial charge in [-0.05, 0) is 60.7 Å². The Morgan fingerprint density at radius 3 is 2.64 bits per heavy atom. The lowest BCUT2D eigenvalue weighted by molar-refractivity contribution is 0.146. The zero-order chi connectivity index (χ0) is 27.0. The fourth-order valence-electron chi connectivity index (χ4n) is 4.32. The molecular formula is C30H29N5O3S. The van der Waals surface area contributed by atoms with Crippen molar-refractivity contribution in [1.82, 2.24) is 25.6 Å². The highest BCUT2D eigenvalue weighted by atomic mass is 32.1. The third kappa shape index (κ3) is 6.42. The Kier molecular flexibility index (Phi) is 8.46. The lowest BCUT2D eigenvalue weighted by atomic mass is 9.96. The summed E-state index contributed by atoms with van der Waals surface area (Å²) >= 11 is 1.72. The smallest absolute Gasteiger partial charge is 0.176 e. The number of nitrogens with one attached hydrogen (secondary N) is 1. The number of hydrogen-bond acceptors (Lipinski definition) is 8. The highest BCUT2D eigenvalue weighted by molar-refractivity contribution is 7.17. The van der Waals surface area contributed by atoms with Gasteiger partial charge in [0.15, 0.2) is 5.82 Å². The molecule has 0 aliphatic rings. The van der Waals surface area contributed by atoms with E-state index in [1.54, 1.807) is 24.6 Å². The summed E-state index contributed by atoms with van der Waals surface area (Å²) in [7, 11) is 1.66. The topological polar surface area (TPSA) is 95.0 Å². The fraction of sp³-hybridized carbons (Fsp3) is 0.267. The first-order chi connectivity index (χ1) is 19.1. The van der Waals surface area contributed by atoms with Crippen LogP contribution in [-0.2, 0) is 17.8 Å². The molecule has 8 nitrogen and oxygen atoms in total. The summed E-state index contributed by atoms with van der Waals surface area (Å²) in [6.45, 7) is 5.33. The number of thiophene rings is 1. The molecule has 198 valence electrons. The first-order valence-electron chi connectivity index (χ1n) is 12.6. The van der Waals surface area contributed by atoms with Gasteiger partial charge in [-0.1, -0.05) is 29.3 Å². The molecule has 1 atom stereocenters. The Bertz CT molecular complexity index is 1590. The minimum atomic E-state index is -0.0112. The molecule has 3 aromatic heterocycles. The van der Waals surface area contributed by atoms with Crippen LogP contribution in [0.3, 0.4) is 0 Å². The molecular weight excluding hydrogens is 510 g/mol. The molecule has 3 heterocycles. The maximum atomic E-state index is 6.14. The number of fused-ring (bicyclic) bond motifs is 1. The zero-order valence-electron chi connectivity index (χ0n) is 22.1. The Morgan fingerprint density at radius 2 is 1.87 bits per heavy atom. The van der Waals surface area contributed by atoms with Crippen LogP contribution in [0.5, 0.6) is 11.5 Å². The van der Waals surface area contributed by atoms with Crippen molar-refractivity contribution in [3.05, 3.63) is 82.8 Å². The van der Waals surface area contributed by atoms with Crippen LogP contribution in [0.25, 0.3) is 21.2 Å². The van der Waals surface area contributed by atoms with E-state index in [0.717, 1.165) is 39.4 Å². The maximum Gasteiger partial charge on any atom is 0.176 e. The van der Waals surface area contributed by atoms with Gasteiger partial charge in [-0.2, -0.15) is 5.21 Å². The van der Waals surface area contributed by atoms with E-state index >= 15 is 0 Å². The first kappa shape index (κ1) is 26.4. The van der Waals surface area contributed by atoms with Gasteiger partial charge >= 0.3 is 0 Å². The van der Waals surface area contributed by atoms with Crippen LogP contribution in [-0.4, -0.2) is 45.9 Å². The number of rotatable bonds is 11. The van der Waals surface area contributed by atoms with Crippen molar-refractivity contribution in [3.63, 3.8) is 0 Å². The predicted octanol–water partition coefficient (Wildman–Crippen LogP) is 5.74. The number of methoxy groups -OCH3 is 1. The number of tetrazole rings is 1. The standard InChI is InChI=1S/C30H29N5O3S/c1-4-5-23(15-30-32-34-35-33-30)22-7-9-24(10-8-22)38-18-21-6-11-29-27(14-21)28(19-39-29)26-16-25(17-31-20(26)2)37-13-12-36-3/h6-11,14,16-17,19,23H,12-13,15,18H2,1-3H3,(H,32,33,34,35)/t23-/m0/s1. The molecule has 0 saturated carbocycles. The lowest BCUT2D eigenvalue weighted by Crippen LogP contribution is -2.04. The van der Waals surface area contributed by atoms with Crippen molar-refractivity contribution in [2.24, 2.45) is 0 Å². The van der Waals surface area contributed by atoms with Crippen LogP contribution in [0, 0.1) is 18.8 Å². The number of pyridine rings is 1. The average Bonchev–Trinajstić information content (AvgIpc) is 3.63. The quantitative estimate of drug-likeness (QED) is 0.169. The van der Waals surface area contributed by atoms with Gasteiger partial charge in [0.2, 0.25) is 0 Å². The molecule has 5 rings (SSSR count). The van der Waals surface area contributed by atoms with E-state index in [-0.39, 0.29) is 5.92 Å². The SMILES string of the molecule is CC#C[C@@H](Cc1nn[nH]n1)c1ccc(OCc2ccc3scc(-c4cc(OCCOC)cnc4C)c3c2)cc1. The molecule has 2 aromatic carbocycles. The van der Waals surface area contributed by atoms with Crippen molar-refractivity contribution < 1.29 is 14.2 Å². The third-order valence-corrected chi connectivity index (χ3v) is 7.29. The summed E-state index contributed by atoms with van der Waals surface area (Å²) in [5.41, 5.74) is 5.35. The second kappa shape index (κ2) is 12.5. The summed E-state index contributed by atoms with van der Waals surface area (Å²) in [4.78, 5) is 4.56. The van der Waals surface area contributed by atoms with Crippen molar-refractivity contribution in [2.45, 2.75) is 32.8 Å². The summed E-state index contributed by atoms with van der Waals surface area (Å²) in [5, 5.41) is 17.6. The van der Waals surface area contributed by atoms with E-state index in [4.69, 9.17) is 14.2 Å². The number of hydrogen-bond donors (Lipinski definition) is 1. The van der Waals surface area contributed by atoms with Gasteiger partial charge in [-0.3, -0.25) is 4.98 Å². The van der Waals surface area contributed by atoms with Crippen LogP contribution >= 0.6 is 11.3 Å². The Hall–Kier alpha value is -4.26. The van der Waals surface area contributed by atoms with E-state index in [9.17, 15) is 0 Å². The van der Waals surface area contributed by atoms with Gasteiger partial charge < -0.3 is 14.2 Å². The highest BCUT2D eigenvalue weighted by Crippen LogP contribution is 2.37. The molecule has 0 unspecified atom stereocenters. The number of aryl methyl sites for hydroxylation is 1. The largest absolute Gasteiger partial charge is 0.490 e. The molecule has 39 heavy (non-hydrogen) atoms. The minimum Gasteiger partial charge on any atom is -0.490 e. The molecule has 1 N–H and O–H groups in total. The van der Waals surface area contributed by atoms with Crippen LogP contribution < -0.4 is 9.47 Å². The van der Waals surface area contributed by atoms with E-state index in [0.29, 0.717) is 32.1 Å². The molecule has 0 saturated heterocycles. The molecule has 0 bridgehead atoms. The highest BCUT2D eigenvalue weighted by Gasteiger charge is 2.14. The van der Waals surface area contributed by atoms with Gasteiger partial charge in [0.05, 0.1) is 18.7 Å². The number of H-pyrrole nitrogens is 1. The molecule has 0 spiro atoms. The van der Waals surface area contributed by atoms with E-state index < -0.39 is 0 Å². The van der Waals surface area contributed by atoms with Crippen LogP contribution in [0.15, 0.2) is 60.1 Å². The molecule has 0 radical (unpaired) electrons. The Morgan fingerprint density at radius 1 is 1.00 bits per heavy atom. The second-order valence-electron chi connectivity index (χ2n) is 8.96. The monoisotopic (exact) mass is 539 g/mol. The summed E-state index contributed by atoms with van der Waals surface area (Å²) in [5.74, 6) is 8.41. The summed E-state index contributed by atoms with van der Waals surface area (Å²) < 4.78 is 18.3. The number of ether oxygens (including phenoxy) is 3. The van der Waals surface area contributed by atoms with Crippen molar-refractivity contribution in [1.29, 1.82) is 0 Å². The van der Waals surface area contributed by atoms with Gasteiger partial charge in [0, 0.05) is 40.4 Å². The number of nitrogens with zero attached hydrogens (tertiary/aromatic N) is 4. The van der Waals surface area contributed by atoms with Gasteiger partial charge in [-0.25, -0.2) is 0 Å². The van der Waals surface area contributed by atoms with E-state index in [2.05, 4.69) is 67.1 Å². The van der Waals surface area contributed by atoms with Gasteiger partial charge in [0.1, 0.15) is 24.7 Å². The van der Waals surface area contributed by atoms with Crippen molar-refractivity contribution in [3.8, 4) is 34.5 Å². The third-order valence-electron chi connectivity index (χ3n) is 6.33. The second-order valence-corrected chi connectivity index (χ2v) is 9.87. The normalized spacial score (nSPS) is 11.7. The first-order valence-corrected chi connectivity index (χ1v) is 13.5. The number of aromatic amines is 1. The average molecular weight is 540 g/mol.